The van der Waals surface area contributed by atoms with Crippen LogP contribution in [0.4, 0.5) is 0 Å². The van der Waals surface area contributed by atoms with Crippen LogP contribution >= 0.6 is 0 Å². The number of carboxylic acid groups (broad SMARTS) is 1. The lowest BCUT2D eigenvalue weighted by Crippen LogP contribution is -2.37. The average Bonchev–Trinajstić information content (AvgIpc) is 1.99. The number of ether oxygens (including phenoxy) is 1. The van der Waals surface area contributed by atoms with Gasteiger partial charge < -0.3 is 9.84 Å². The molecular weight excluding hydrogens is 192 g/mol. The van der Waals surface area contributed by atoms with Gasteiger partial charge in [-0.15, -0.1) is 0 Å². The van der Waals surface area contributed by atoms with Crippen LogP contribution in [0, 0.1) is 10.8 Å². The smallest absolute Gasteiger partial charge is 0.303 e. The molecule has 1 fully saturated rings. The third-order valence-electron chi connectivity index (χ3n) is 2.84. The van der Waals surface area contributed by atoms with Gasteiger partial charge >= 0.3 is 5.97 Å². The van der Waals surface area contributed by atoms with Crippen LogP contribution in [0.25, 0.3) is 0 Å². The molecule has 15 heavy (non-hydrogen) atoms. The number of hydrogen-bond donors (Lipinski definition) is 1. The Morgan fingerprint density at radius 1 is 1.47 bits per heavy atom. The lowest BCUT2D eigenvalue weighted by molar-refractivity contribution is -0.143. The lowest BCUT2D eigenvalue weighted by Gasteiger charge is -2.40. The van der Waals surface area contributed by atoms with E-state index >= 15 is 0 Å². The van der Waals surface area contributed by atoms with Crippen LogP contribution in [0.2, 0.25) is 0 Å². The van der Waals surface area contributed by atoms with Gasteiger partial charge in [0, 0.05) is 12.0 Å². The van der Waals surface area contributed by atoms with Gasteiger partial charge in [0.15, 0.2) is 0 Å². The van der Waals surface area contributed by atoms with Crippen molar-refractivity contribution in [3.63, 3.8) is 0 Å². The molecule has 1 unspecified atom stereocenters. The highest BCUT2D eigenvalue weighted by molar-refractivity contribution is 5.67. The summed E-state index contributed by atoms with van der Waals surface area (Å²) in [6.45, 7) is 7.86. The zero-order valence-corrected chi connectivity index (χ0v) is 10.0. The summed E-state index contributed by atoms with van der Waals surface area (Å²) in [5.74, 6) is -0.704. The van der Waals surface area contributed by atoms with Crippen LogP contribution in [-0.2, 0) is 9.53 Å². The minimum atomic E-state index is -0.704. The Bertz CT molecular complexity index is 222. The predicted octanol–water partition coefficient (Wildman–Crippen LogP) is 2.69. The molecule has 0 spiro atoms. The minimum Gasteiger partial charge on any atom is -0.481 e. The first kappa shape index (κ1) is 12.5. The molecule has 0 saturated carbocycles. The van der Waals surface area contributed by atoms with Gasteiger partial charge in [0.1, 0.15) is 0 Å². The number of aliphatic carboxylic acids is 1. The summed E-state index contributed by atoms with van der Waals surface area (Å²) >= 11 is 0. The molecular formula is C12H22O3. The van der Waals surface area contributed by atoms with Crippen LogP contribution < -0.4 is 0 Å². The number of carboxylic acids is 1. The fraction of sp³-hybridized carbons (Fsp3) is 0.917. The predicted molar refractivity (Wildman–Crippen MR) is 58.8 cm³/mol. The first-order valence-corrected chi connectivity index (χ1v) is 5.63. The van der Waals surface area contributed by atoms with Gasteiger partial charge in [0.2, 0.25) is 0 Å². The Hall–Kier alpha value is -0.570. The molecule has 1 N–H and O–H groups in total. The summed E-state index contributed by atoms with van der Waals surface area (Å²) in [6.07, 6.45) is 3.14. The van der Waals surface area contributed by atoms with E-state index in [2.05, 4.69) is 20.8 Å². The maximum Gasteiger partial charge on any atom is 0.303 e. The van der Waals surface area contributed by atoms with E-state index in [4.69, 9.17) is 9.84 Å². The summed E-state index contributed by atoms with van der Waals surface area (Å²) in [6, 6.07) is 0. The zero-order valence-electron chi connectivity index (χ0n) is 10.0. The third-order valence-corrected chi connectivity index (χ3v) is 2.84. The second-order valence-electron chi connectivity index (χ2n) is 5.96. The van der Waals surface area contributed by atoms with Gasteiger partial charge in [0.25, 0.3) is 0 Å². The molecule has 1 heterocycles. The van der Waals surface area contributed by atoms with E-state index in [-0.39, 0.29) is 17.3 Å². The molecule has 1 aliphatic heterocycles. The van der Waals surface area contributed by atoms with Crippen molar-refractivity contribution in [1.82, 2.24) is 0 Å². The van der Waals surface area contributed by atoms with Crippen LogP contribution in [-0.4, -0.2) is 24.3 Å². The Morgan fingerprint density at radius 3 is 2.53 bits per heavy atom. The van der Waals surface area contributed by atoms with Crippen molar-refractivity contribution >= 4 is 5.97 Å². The van der Waals surface area contributed by atoms with Crippen LogP contribution in [0.3, 0.4) is 0 Å². The standard InChI is InChI=1S/C12H22O3/c1-11(2,3)8-12(7-10(13)14)5-4-6-15-9-12/h4-9H2,1-3H3,(H,13,14). The van der Waals surface area contributed by atoms with Gasteiger partial charge in [-0.2, -0.15) is 0 Å². The molecule has 3 nitrogen and oxygen atoms in total. The second-order valence-corrected chi connectivity index (χ2v) is 5.96. The zero-order chi connectivity index (χ0) is 11.5. The molecule has 1 rings (SSSR count). The molecule has 0 amide bonds. The highest BCUT2D eigenvalue weighted by atomic mass is 16.5. The Labute approximate surface area is 91.8 Å². The molecule has 3 heteroatoms. The summed E-state index contributed by atoms with van der Waals surface area (Å²) in [4.78, 5) is 10.9. The van der Waals surface area contributed by atoms with Crippen LogP contribution in [0.5, 0.6) is 0 Å². The van der Waals surface area contributed by atoms with E-state index in [0.29, 0.717) is 6.61 Å². The molecule has 0 bridgehead atoms. The molecule has 0 aliphatic carbocycles. The fourth-order valence-corrected chi connectivity index (χ4v) is 2.70. The summed E-state index contributed by atoms with van der Waals surface area (Å²) in [5, 5.41) is 8.97. The monoisotopic (exact) mass is 214 g/mol. The first-order valence-electron chi connectivity index (χ1n) is 5.63. The van der Waals surface area contributed by atoms with E-state index in [1.165, 1.54) is 0 Å². The molecule has 0 aromatic rings. The van der Waals surface area contributed by atoms with Crippen molar-refractivity contribution in [2.75, 3.05) is 13.2 Å². The molecule has 88 valence electrons. The van der Waals surface area contributed by atoms with Crippen LogP contribution in [0.1, 0.15) is 46.5 Å². The van der Waals surface area contributed by atoms with Gasteiger partial charge in [-0.3, -0.25) is 4.79 Å². The maximum absolute atomic E-state index is 10.9. The van der Waals surface area contributed by atoms with E-state index in [1.54, 1.807) is 0 Å². The molecule has 0 aromatic heterocycles. The SMILES string of the molecule is CC(C)(C)CC1(CC(=O)O)CCCOC1. The van der Waals surface area contributed by atoms with Crippen molar-refractivity contribution in [2.45, 2.75) is 46.5 Å². The number of rotatable bonds is 3. The maximum atomic E-state index is 10.9. The summed E-state index contributed by atoms with van der Waals surface area (Å²) in [7, 11) is 0. The Balaban J connectivity index is 2.70. The Morgan fingerprint density at radius 2 is 2.13 bits per heavy atom. The van der Waals surface area contributed by atoms with Crippen molar-refractivity contribution in [2.24, 2.45) is 10.8 Å². The molecule has 0 radical (unpaired) electrons. The summed E-state index contributed by atoms with van der Waals surface area (Å²) < 4.78 is 5.47. The van der Waals surface area contributed by atoms with Crippen LogP contribution in [0.15, 0.2) is 0 Å². The molecule has 1 atom stereocenters. The van der Waals surface area contributed by atoms with E-state index in [9.17, 15) is 4.79 Å². The van der Waals surface area contributed by atoms with Crippen molar-refractivity contribution in [3.05, 3.63) is 0 Å². The number of carbonyl (C=O) groups is 1. The van der Waals surface area contributed by atoms with E-state index in [1.807, 2.05) is 0 Å². The molecule has 0 aromatic carbocycles. The van der Waals surface area contributed by atoms with E-state index < -0.39 is 5.97 Å². The quantitative estimate of drug-likeness (QED) is 0.785. The average molecular weight is 214 g/mol. The largest absolute Gasteiger partial charge is 0.481 e. The van der Waals surface area contributed by atoms with Crippen molar-refractivity contribution in [3.8, 4) is 0 Å². The third kappa shape index (κ3) is 4.20. The van der Waals surface area contributed by atoms with Gasteiger partial charge in [-0.25, -0.2) is 0 Å². The van der Waals surface area contributed by atoms with Crippen molar-refractivity contribution in [1.29, 1.82) is 0 Å². The minimum absolute atomic E-state index is 0.137. The highest BCUT2D eigenvalue weighted by Crippen LogP contribution is 2.42. The second kappa shape index (κ2) is 4.52. The Kier molecular flexibility index (Phi) is 3.77. The van der Waals surface area contributed by atoms with Gasteiger partial charge in [0.05, 0.1) is 13.0 Å². The summed E-state index contributed by atoms with van der Waals surface area (Å²) in [5.41, 5.74) is 0.0263. The highest BCUT2D eigenvalue weighted by Gasteiger charge is 2.38. The van der Waals surface area contributed by atoms with Gasteiger partial charge in [-0.1, -0.05) is 20.8 Å². The normalized spacial score (nSPS) is 27.7. The topological polar surface area (TPSA) is 46.5 Å². The van der Waals surface area contributed by atoms with Gasteiger partial charge in [-0.05, 0) is 24.7 Å². The van der Waals surface area contributed by atoms with E-state index in [0.717, 1.165) is 25.9 Å². The fourth-order valence-electron chi connectivity index (χ4n) is 2.70. The number of hydrogen-bond acceptors (Lipinski definition) is 2. The molecule has 1 aliphatic rings. The first-order chi connectivity index (χ1) is 6.83. The van der Waals surface area contributed by atoms with Crippen molar-refractivity contribution < 1.29 is 14.6 Å². The molecule has 1 saturated heterocycles. The lowest BCUT2D eigenvalue weighted by atomic mass is 9.69.